The molecule has 5 heteroatoms. The van der Waals surface area contributed by atoms with Crippen LogP contribution in [0.25, 0.3) is 0 Å². The van der Waals surface area contributed by atoms with Crippen LogP contribution in [0, 0.1) is 0 Å². The van der Waals surface area contributed by atoms with E-state index in [1.807, 2.05) is 37.3 Å². The van der Waals surface area contributed by atoms with Crippen molar-refractivity contribution < 1.29 is 9.47 Å². The predicted molar refractivity (Wildman–Crippen MR) is 88.9 cm³/mol. The summed E-state index contributed by atoms with van der Waals surface area (Å²) in [6.07, 6.45) is 2.53. The Labute approximate surface area is 136 Å². The van der Waals surface area contributed by atoms with Gasteiger partial charge in [0.25, 0.3) is 0 Å². The Morgan fingerprint density at radius 2 is 2.14 bits per heavy atom. The fraction of sp³-hybridized carbons (Fsp3) is 0.353. The molecule has 1 unspecified atom stereocenters. The van der Waals surface area contributed by atoms with E-state index in [0.29, 0.717) is 29.7 Å². The number of hydrogen-bond donors (Lipinski definition) is 1. The van der Waals surface area contributed by atoms with Crippen molar-refractivity contribution in [1.29, 1.82) is 0 Å². The van der Waals surface area contributed by atoms with Gasteiger partial charge >= 0.3 is 0 Å². The van der Waals surface area contributed by atoms with E-state index in [-0.39, 0.29) is 5.92 Å². The molecule has 1 atom stereocenters. The Hall–Kier alpha value is -1.78. The lowest BCUT2D eigenvalue weighted by molar-refractivity contribution is 0.311. The van der Waals surface area contributed by atoms with Crippen LogP contribution in [0.5, 0.6) is 11.5 Å². The smallest absolute Gasteiger partial charge is 0.179 e. The summed E-state index contributed by atoms with van der Waals surface area (Å²) in [7, 11) is 1.61. The van der Waals surface area contributed by atoms with Gasteiger partial charge in [-0.25, -0.2) is 0 Å². The zero-order valence-corrected chi connectivity index (χ0v) is 13.6. The van der Waals surface area contributed by atoms with Gasteiger partial charge in [-0.2, -0.15) is 0 Å². The van der Waals surface area contributed by atoms with Crippen LogP contribution in [0.1, 0.15) is 24.1 Å². The number of halogens is 1. The van der Waals surface area contributed by atoms with Crippen molar-refractivity contribution in [3.05, 3.63) is 52.8 Å². The van der Waals surface area contributed by atoms with E-state index in [4.69, 9.17) is 26.8 Å². The number of nitrogens with two attached hydrogens (primary N) is 1. The van der Waals surface area contributed by atoms with E-state index in [9.17, 15) is 0 Å². The average molecular weight is 321 g/mol. The standard InChI is InChI=1S/C17H21ClN2O2/c1-3-22-17-14(18)9-12(10-16(17)21-2)8-13(11-19)15-6-4-5-7-20-15/h4-7,9-10,13H,3,8,11,19H2,1-2H3. The molecule has 0 fully saturated rings. The topological polar surface area (TPSA) is 57.4 Å². The minimum Gasteiger partial charge on any atom is -0.493 e. The number of hydrogen-bond acceptors (Lipinski definition) is 4. The van der Waals surface area contributed by atoms with Crippen molar-refractivity contribution in [3.63, 3.8) is 0 Å². The van der Waals surface area contributed by atoms with E-state index in [0.717, 1.165) is 17.7 Å². The maximum atomic E-state index is 6.31. The van der Waals surface area contributed by atoms with Gasteiger partial charge in [0.05, 0.1) is 18.7 Å². The van der Waals surface area contributed by atoms with Crippen molar-refractivity contribution >= 4 is 11.6 Å². The summed E-state index contributed by atoms with van der Waals surface area (Å²) in [6, 6.07) is 9.71. The number of aromatic nitrogens is 1. The zero-order valence-electron chi connectivity index (χ0n) is 12.9. The van der Waals surface area contributed by atoms with Crippen molar-refractivity contribution in [1.82, 2.24) is 4.98 Å². The molecule has 1 heterocycles. The molecule has 0 aliphatic heterocycles. The van der Waals surface area contributed by atoms with E-state index in [1.165, 1.54) is 0 Å². The van der Waals surface area contributed by atoms with Crippen LogP contribution >= 0.6 is 11.6 Å². The van der Waals surface area contributed by atoms with E-state index < -0.39 is 0 Å². The summed E-state index contributed by atoms with van der Waals surface area (Å²) in [4.78, 5) is 4.39. The second kappa shape index (κ2) is 8.01. The van der Waals surface area contributed by atoms with Crippen LogP contribution in [0.15, 0.2) is 36.5 Å². The molecule has 2 aromatic rings. The van der Waals surface area contributed by atoms with Gasteiger partial charge < -0.3 is 15.2 Å². The Morgan fingerprint density at radius 1 is 1.32 bits per heavy atom. The summed E-state index contributed by atoms with van der Waals surface area (Å²) in [6.45, 7) is 2.97. The number of ether oxygens (including phenoxy) is 2. The number of nitrogens with zero attached hydrogens (tertiary/aromatic N) is 1. The summed E-state index contributed by atoms with van der Waals surface area (Å²) < 4.78 is 10.9. The van der Waals surface area contributed by atoms with Crippen LogP contribution in [0.2, 0.25) is 5.02 Å². The van der Waals surface area contributed by atoms with Crippen LogP contribution in [0.3, 0.4) is 0 Å². The largest absolute Gasteiger partial charge is 0.493 e. The van der Waals surface area contributed by atoms with Gasteiger partial charge in [0.15, 0.2) is 11.5 Å². The third-order valence-corrected chi connectivity index (χ3v) is 3.73. The van der Waals surface area contributed by atoms with Gasteiger partial charge in [0.2, 0.25) is 0 Å². The van der Waals surface area contributed by atoms with Crippen LogP contribution in [-0.2, 0) is 6.42 Å². The molecule has 0 saturated heterocycles. The third-order valence-electron chi connectivity index (χ3n) is 3.45. The highest BCUT2D eigenvalue weighted by atomic mass is 35.5. The first-order valence-corrected chi connectivity index (χ1v) is 7.67. The minimum absolute atomic E-state index is 0.139. The van der Waals surface area contributed by atoms with Crippen molar-refractivity contribution in [2.75, 3.05) is 20.3 Å². The molecular weight excluding hydrogens is 300 g/mol. The zero-order chi connectivity index (χ0) is 15.9. The lowest BCUT2D eigenvalue weighted by Gasteiger charge is -2.17. The molecule has 2 N–H and O–H groups in total. The van der Waals surface area contributed by atoms with Gasteiger partial charge in [-0.05, 0) is 43.2 Å². The number of benzene rings is 1. The molecule has 0 bridgehead atoms. The van der Waals surface area contributed by atoms with Crippen molar-refractivity contribution in [2.24, 2.45) is 5.73 Å². The highest BCUT2D eigenvalue weighted by Crippen LogP contribution is 2.37. The molecule has 22 heavy (non-hydrogen) atoms. The van der Waals surface area contributed by atoms with Crippen molar-refractivity contribution in [2.45, 2.75) is 19.3 Å². The Kier molecular flexibility index (Phi) is 6.04. The highest BCUT2D eigenvalue weighted by molar-refractivity contribution is 6.32. The molecule has 1 aromatic heterocycles. The van der Waals surface area contributed by atoms with E-state index >= 15 is 0 Å². The highest BCUT2D eigenvalue weighted by Gasteiger charge is 2.16. The summed E-state index contributed by atoms with van der Waals surface area (Å²) in [5, 5.41) is 0.549. The quantitative estimate of drug-likeness (QED) is 0.849. The first-order valence-electron chi connectivity index (χ1n) is 7.29. The molecule has 118 valence electrons. The number of methoxy groups -OCH3 is 1. The molecule has 0 aliphatic carbocycles. The summed E-state index contributed by atoms with van der Waals surface area (Å²) in [5.74, 6) is 1.36. The molecule has 0 radical (unpaired) electrons. The second-order valence-electron chi connectivity index (χ2n) is 4.93. The lowest BCUT2D eigenvalue weighted by atomic mass is 9.95. The lowest BCUT2D eigenvalue weighted by Crippen LogP contribution is -2.16. The molecule has 4 nitrogen and oxygen atoms in total. The fourth-order valence-corrected chi connectivity index (χ4v) is 2.67. The Bertz CT molecular complexity index is 605. The first-order chi connectivity index (χ1) is 10.7. The normalized spacial score (nSPS) is 12.0. The number of pyridine rings is 1. The molecule has 0 amide bonds. The molecule has 2 rings (SSSR count). The van der Waals surface area contributed by atoms with Crippen LogP contribution in [-0.4, -0.2) is 25.2 Å². The maximum absolute atomic E-state index is 6.31. The molecular formula is C17H21ClN2O2. The SMILES string of the molecule is CCOc1c(Cl)cc(CC(CN)c2ccccn2)cc1OC. The van der Waals surface area contributed by atoms with Gasteiger partial charge in [0, 0.05) is 24.4 Å². The van der Waals surface area contributed by atoms with Crippen LogP contribution < -0.4 is 15.2 Å². The molecule has 0 spiro atoms. The molecule has 0 saturated carbocycles. The third kappa shape index (κ3) is 3.90. The maximum Gasteiger partial charge on any atom is 0.179 e. The van der Waals surface area contributed by atoms with E-state index in [2.05, 4.69) is 4.98 Å². The predicted octanol–water partition coefficient (Wildman–Crippen LogP) is 3.43. The van der Waals surface area contributed by atoms with Gasteiger partial charge in [-0.3, -0.25) is 4.98 Å². The second-order valence-corrected chi connectivity index (χ2v) is 5.34. The Balaban J connectivity index is 2.27. The molecule has 0 aliphatic rings. The number of rotatable bonds is 7. The van der Waals surface area contributed by atoms with Crippen LogP contribution in [0.4, 0.5) is 0 Å². The van der Waals surface area contributed by atoms with E-state index in [1.54, 1.807) is 13.3 Å². The van der Waals surface area contributed by atoms with Crippen molar-refractivity contribution in [3.8, 4) is 11.5 Å². The van der Waals surface area contributed by atoms with Gasteiger partial charge in [0.1, 0.15) is 0 Å². The summed E-state index contributed by atoms with van der Waals surface area (Å²) >= 11 is 6.31. The minimum atomic E-state index is 0.139. The fourth-order valence-electron chi connectivity index (χ4n) is 2.39. The molecule has 1 aromatic carbocycles. The Morgan fingerprint density at radius 3 is 2.73 bits per heavy atom. The van der Waals surface area contributed by atoms with Gasteiger partial charge in [-0.1, -0.05) is 17.7 Å². The monoisotopic (exact) mass is 320 g/mol. The average Bonchev–Trinajstić information content (AvgIpc) is 2.55. The summed E-state index contributed by atoms with van der Waals surface area (Å²) in [5.41, 5.74) is 7.94. The van der Waals surface area contributed by atoms with Gasteiger partial charge in [-0.15, -0.1) is 0 Å². The first kappa shape index (κ1) is 16.6.